The van der Waals surface area contributed by atoms with Gasteiger partial charge in [0.15, 0.2) is 23.1 Å². The first kappa shape index (κ1) is 33.7. The molecule has 0 saturated carbocycles. The highest BCUT2D eigenvalue weighted by molar-refractivity contribution is 6.99. The summed E-state index contributed by atoms with van der Waals surface area (Å²) in [5.41, 5.74) is 18.3. The molecule has 0 fully saturated rings. The first-order chi connectivity index (χ1) is 29.2. The smallest absolute Gasteiger partial charge is 0.242 e. The molecule has 7 aromatic carbocycles. The zero-order valence-electron chi connectivity index (χ0n) is 32.1. The number of hydrogen-bond acceptors (Lipinski definition) is 5. The van der Waals surface area contributed by atoms with Gasteiger partial charge in [0.1, 0.15) is 5.52 Å². The molecule has 0 saturated heterocycles. The van der Waals surface area contributed by atoms with E-state index in [9.17, 15) is 0 Å². The molecule has 0 N–H and O–H groups in total. The number of nitrogens with zero attached hydrogens (tertiary/aromatic N) is 4. The predicted octanol–water partition coefficient (Wildman–Crippen LogP) is 8.58. The number of hydrogen-bond donors (Lipinski definition) is 0. The van der Waals surface area contributed by atoms with E-state index >= 15 is 0 Å². The van der Waals surface area contributed by atoms with Crippen molar-refractivity contribution in [3.05, 3.63) is 187 Å². The molecule has 4 heterocycles. The molecule has 0 atom stereocenters. The minimum atomic E-state index is 0.166. The largest absolute Gasteiger partial charge is 0.436 e. The number of fused-ring (bicyclic) bond motifs is 7. The van der Waals surface area contributed by atoms with Crippen molar-refractivity contribution in [1.82, 2.24) is 19.9 Å². The summed E-state index contributed by atoms with van der Waals surface area (Å²) in [6.07, 6.45) is 8.92. The van der Waals surface area contributed by atoms with E-state index in [1.807, 2.05) is 48.5 Å². The summed E-state index contributed by atoms with van der Waals surface area (Å²) in [6.45, 7) is 0.414. The van der Waals surface area contributed by atoms with Crippen molar-refractivity contribution < 1.29 is 4.42 Å². The average molecular weight is 752 g/mol. The lowest BCUT2D eigenvalue weighted by Crippen LogP contribution is -2.48. The first-order valence-corrected chi connectivity index (χ1v) is 20.3. The summed E-state index contributed by atoms with van der Waals surface area (Å²) in [5, 5.41) is 0. The van der Waals surface area contributed by atoms with Crippen molar-refractivity contribution in [2.45, 2.75) is 12.8 Å². The Labute approximate surface area is 343 Å². The summed E-state index contributed by atoms with van der Waals surface area (Å²) in [6, 6.07) is 57.9. The normalized spacial score (nSPS) is 13.6. The van der Waals surface area contributed by atoms with Crippen LogP contribution < -0.4 is 27.3 Å². The van der Waals surface area contributed by atoms with Crippen LogP contribution in [-0.2, 0) is 0 Å². The fourth-order valence-corrected chi connectivity index (χ4v) is 9.47. The van der Waals surface area contributed by atoms with Gasteiger partial charge in [-0.15, -0.1) is 0 Å². The second-order valence-electron chi connectivity index (χ2n) is 15.6. The van der Waals surface area contributed by atoms with Gasteiger partial charge in [0.05, 0.1) is 0 Å². The monoisotopic (exact) mass is 752 g/mol. The van der Waals surface area contributed by atoms with Crippen LogP contribution in [0, 0.1) is 0 Å². The summed E-state index contributed by atoms with van der Waals surface area (Å²) >= 11 is 0. The van der Waals surface area contributed by atoms with Crippen molar-refractivity contribution in [2.75, 3.05) is 0 Å². The molecule has 0 bridgehead atoms. The minimum Gasteiger partial charge on any atom is -0.436 e. The molecule has 0 unspecified atom stereocenters. The van der Waals surface area contributed by atoms with E-state index in [1.54, 1.807) is 0 Å². The molecular formula is C52H34B2N4O. The van der Waals surface area contributed by atoms with Crippen LogP contribution in [0.4, 0.5) is 0 Å². The number of rotatable bonds is 6. The van der Waals surface area contributed by atoms with Crippen LogP contribution in [0.15, 0.2) is 192 Å². The van der Waals surface area contributed by atoms with Gasteiger partial charge in [0.25, 0.3) is 0 Å². The lowest BCUT2D eigenvalue weighted by atomic mass is 9.37. The van der Waals surface area contributed by atoms with Crippen molar-refractivity contribution in [1.29, 1.82) is 0 Å². The Morgan fingerprint density at radius 2 is 0.983 bits per heavy atom. The van der Waals surface area contributed by atoms with Crippen LogP contribution in [0.5, 0.6) is 0 Å². The molecule has 59 heavy (non-hydrogen) atoms. The maximum atomic E-state index is 6.10. The van der Waals surface area contributed by atoms with Crippen molar-refractivity contribution in [2.24, 2.45) is 0 Å². The van der Waals surface area contributed by atoms with Crippen LogP contribution in [0.3, 0.4) is 0 Å². The molecule has 0 spiro atoms. The first-order valence-electron chi connectivity index (χ1n) is 20.3. The lowest BCUT2D eigenvalue weighted by molar-refractivity contribution is 0.620. The van der Waals surface area contributed by atoms with E-state index in [0.717, 1.165) is 46.2 Å². The highest BCUT2D eigenvalue weighted by atomic mass is 16.3. The van der Waals surface area contributed by atoms with E-state index in [2.05, 4.69) is 133 Å². The van der Waals surface area contributed by atoms with Crippen molar-refractivity contribution in [3.63, 3.8) is 0 Å². The molecule has 9 aromatic rings. The molecule has 0 radical (unpaired) electrons. The van der Waals surface area contributed by atoms with E-state index < -0.39 is 0 Å². The third-order valence-electron chi connectivity index (χ3n) is 12.2. The zero-order chi connectivity index (χ0) is 38.9. The highest BCUT2D eigenvalue weighted by Crippen LogP contribution is 2.34. The lowest BCUT2D eigenvalue weighted by Gasteiger charge is -2.16. The molecule has 12 rings (SSSR count). The number of allylic oxidation sites excluding steroid dienone is 4. The van der Waals surface area contributed by atoms with Gasteiger partial charge in [-0.2, -0.15) is 0 Å². The molecule has 2 aromatic heterocycles. The molecule has 0 amide bonds. The van der Waals surface area contributed by atoms with Gasteiger partial charge >= 0.3 is 0 Å². The average Bonchev–Trinajstić information content (AvgIpc) is 3.99. The Morgan fingerprint density at radius 3 is 1.64 bits per heavy atom. The number of benzene rings is 7. The van der Waals surface area contributed by atoms with Gasteiger partial charge in [-0.05, 0) is 71.5 Å². The van der Waals surface area contributed by atoms with Gasteiger partial charge in [0.2, 0.25) is 19.3 Å². The number of para-hydroxylation sites is 2. The molecule has 7 heteroatoms. The van der Waals surface area contributed by atoms with Crippen LogP contribution in [0.2, 0.25) is 0 Å². The van der Waals surface area contributed by atoms with Crippen LogP contribution in [0.25, 0.3) is 79.0 Å². The topological polar surface area (TPSA) is 64.7 Å². The van der Waals surface area contributed by atoms with Gasteiger partial charge in [-0.25, -0.2) is 19.9 Å². The van der Waals surface area contributed by atoms with Gasteiger partial charge in [0, 0.05) is 22.3 Å². The molecule has 274 valence electrons. The van der Waals surface area contributed by atoms with E-state index in [1.165, 1.54) is 55.0 Å². The van der Waals surface area contributed by atoms with E-state index in [-0.39, 0.29) is 13.4 Å². The van der Waals surface area contributed by atoms with Gasteiger partial charge in [-0.1, -0.05) is 178 Å². The molecule has 3 aliphatic rings. The maximum absolute atomic E-state index is 6.10. The Hall–Kier alpha value is -7.37. The van der Waals surface area contributed by atoms with Gasteiger partial charge < -0.3 is 4.42 Å². The minimum absolute atomic E-state index is 0.166. The summed E-state index contributed by atoms with van der Waals surface area (Å²) < 4.78 is 6.10. The van der Waals surface area contributed by atoms with Crippen molar-refractivity contribution >= 4 is 51.8 Å². The third kappa shape index (κ3) is 5.65. The molecule has 1 aliphatic carbocycles. The second kappa shape index (κ2) is 13.6. The van der Waals surface area contributed by atoms with Gasteiger partial charge in [-0.3, -0.25) is 0 Å². The Balaban J connectivity index is 0.999. The second-order valence-corrected chi connectivity index (χ2v) is 15.6. The Morgan fingerprint density at radius 1 is 0.441 bits per heavy atom. The SMILES string of the molecule is C1=CCCC(B2c3ccccc3-c3cc(-c4nc(-c5ccc(-c6nc7ccccc7o6)cc5)nc(-c5ccc6c(c5)-c5ccccc5B6c5ccccc5)n4)ccc32)=C1. The Bertz CT molecular complexity index is 3160. The zero-order valence-corrected chi connectivity index (χ0v) is 32.1. The predicted molar refractivity (Wildman–Crippen MR) is 243 cm³/mol. The van der Waals surface area contributed by atoms with Crippen LogP contribution in [-0.4, -0.2) is 33.4 Å². The highest BCUT2D eigenvalue weighted by Gasteiger charge is 2.35. The number of oxazole rings is 1. The van der Waals surface area contributed by atoms with Crippen LogP contribution >= 0.6 is 0 Å². The summed E-state index contributed by atoms with van der Waals surface area (Å²) in [5.74, 6) is 2.46. The van der Waals surface area contributed by atoms with E-state index in [0.29, 0.717) is 23.4 Å². The molecule has 2 aliphatic heterocycles. The fraction of sp³-hybridized carbons (Fsp3) is 0.0385. The summed E-state index contributed by atoms with van der Waals surface area (Å²) in [4.78, 5) is 20.4. The Kier molecular flexibility index (Phi) is 7.80. The van der Waals surface area contributed by atoms with E-state index in [4.69, 9.17) is 24.4 Å². The fourth-order valence-electron chi connectivity index (χ4n) is 9.47. The third-order valence-corrected chi connectivity index (χ3v) is 12.2. The quantitative estimate of drug-likeness (QED) is 0.159. The maximum Gasteiger partial charge on any atom is 0.242 e. The number of aromatic nitrogens is 4. The summed E-state index contributed by atoms with van der Waals surface area (Å²) in [7, 11) is 0. The van der Waals surface area contributed by atoms with Crippen LogP contribution in [0.1, 0.15) is 12.8 Å². The van der Waals surface area contributed by atoms with Crippen molar-refractivity contribution in [3.8, 4) is 67.9 Å². The molecule has 5 nitrogen and oxygen atoms in total. The molecular weight excluding hydrogens is 718 g/mol. The standard InChI is InChI=1S/C52H34B2N4O/c1-3-13-37(14-4-1)53-43-19-9-7-17-39(43)41-31-35(27-29-45(41)53)50-56-49(33-23-25-34(26-24-33)52-55-47-21-11-12-22-48(47)59-52)57-51(58-50)36-28-30-46-42(32-36)40-18-8-10-20-44(40)54(46)38-15-5-2-6-16-38/h1-5,7-15,17-32H,6,16H2.